The highest BCUT2D eigenvalue weighted by atomic mass is 16.6. The second-order valence-electron chi connectivity index (χ2n) is 3.69. The summed E-state index contributed by atoms with van der Waals surface area (Å²) in [5.41, 5.74) is 6.42. The van der Waals surface area contributed by atoms with Crippen LogP contribution in [-0.4, -0.2) is 25.8 Å². The first-order chi connectivity index (χ1) is 8.62. The molecule has 0 amide bonds. The van der Waals surface area contributed by atoms with E-state index in [0.717, 1.165) is 5.56 Å². The Balaban J connectivity index is 2.80. The van der Waals surface area contributed by atoms with Crippen LogP contribution in [0.4, 0.5) is 0 Å². The standard InChI is InChI=1S/C13H19NO4/c1-4-17-13(15)9(2)18-12-6-5-11(16-3)7-10(12)8-14/h5-7,9H,4,8,14H2,1-3H3. The molecular weight excluding hydrogens is 234 g/mol. The van der Waals surface area contributed by atoms with Gasteiger partial charge in [0, 0.05) is 12.1 Å². The van der Waals surface area contributed by atoms with Gasteiger partial charge in [0.2, 0.25) is 0 Å². The Labute approximate surface area is 107 Å². The number of hydrogen-bond donors (Lipinski definition) is 1. The van der Waals surface area contributed by atoms with Crippen molar-refractivity contribution in [1.29, 1.82) is 0 Å². The predicted octanol–water partition coefficient (Wildman–Crippen LogP) is 1.48. The van der Waals surface area contributed by atoms with E-state index in [1.165, 1.54) is 0 Å². The summed E-state index contributed by atoms with van der Waals surface area (Å²) in [7, 11) is 1.58. The van der Waals surface area contributed by atoms with Gasteiger partial charge in [-0.2, -0.15) is 0 Å². The van der Waals surface area contributed by atoms with Gasteiger partial charge in [-0.15, -0.1) is 0 Å². The lowest BCUT2D eigenvalue weighted by atomic mass is 10.2. The SMILES string of the molecule is CCOC(=O)C(C)Oc1ccc(OC)cc1CN. The Hall–Kier alpha value is -1.75. The number of hydrogen-bond acceptors (Lipinski definition) is 5. The molecular formula is C13H19NO4. The molecule has 0 fully saturated rings. The van der Waals surface area contributed by atoms with Crippen LogP contribution in [0.5, 0.6) is 11.5 Å². The molecule has 0 spiro atoms. The molecule has 0 radical (unpaired) electrons. The van der Waals surface area contributed by atoms with E-state index in [1.54, 1.807) is 39.2 Å². The normalized spacial score (nSPS) is 11.8. The molecule has 0 saturated carbocycles. The number of carbonyl (C=O) groups excluding carboxylic acids is 1. The molecule has 0 aliphatic carbocycles. The van der Waals surface area contributed by atoms with Gasteiger partial charge in [0.15, 0.2) is 6.10 Å². The third-order valence-electron chi connectivity index (χ3n) is 2.41. The van der Waals surface area contributed by atoms with Gasteiger partial charge in [-0.1, -0.05) is 0 Å². The first kappa shape index (κ1) is 14.3. The number of esters is 1. The van der Waals surface area contributed by atoms with Crippen LogP contribution in [-0.2, 0) is 16.1 Å². The summed E-state index contributed by atoms with van der Waals surface area (Å²) in [6.45, 7) is 4.03. The highest BCUT2D eigenvalue weighted by molar-refractivity contribution is 5.74. The van der Waals surface area contributed by atoms with Crippen molar-refractivity contribution in [2.75, 3.05) is 13.7 Å². The van der Waals surface area contributed by atoms with Crippen LogP contribution in [0.1, 0.15) is 19.4 Å². The van der Waals surface area contributed by atoms with Gasteiger partial charge >= 0.3 is 5.97 Å². The summed E-state index contributed by atoms with van der Waals surface area (Å²) in [5.74, 6) is 0.877. The van der Waals surface area contributed by atoms with Gasteiger partial charge in [0.1, 0.15) is 11.5 Å². The molecule has 1 unspecified atom stereocenters. The molecule has 0 aromatic heterocycles. The molecule has 0 aliphatic rings. The van der Waals surface area contributed by atoms with Crippen molar-refractivity contribution in [3.8, 4) is 11.5 Å². The van der Waals surface area contributed by atoms with Crippen LogP contribution in [0, 0.1) is 0 Å². The molecule has 0 saturated heterocycles. The van der Waals surface area contributed by atoms with Crippen molar-refractivity contribution in [3.63, 3.8) is 0 Å². The third-order valence-corrected chi connectivity index (χ3v) is 2.41. The zero-order valence-corrected chi connectivity index (χ0v) is 10.9. The fourth-order valence-corrected chi connectivity index (χ4v) is 1.46. The van der Waals surface area contributed by atoms with Gasteiger partial charge in [-0.05, 0) is 32.0 Å². The second kappa shape index (κ2) is 6.86. The lowest BCUT2D eigenvalue weighted by Gasteiger charge is -2.16. The number of nitrogens with two attached hydrogens (primary N) is 1. The molecule has 0 heterocycles. The quantitative estimate of drug-likeness (QED) is 0.778. The molecule has 1 atom stereocenters. The van der Waals surface area contributed by atoms with E-state index in [2.05, 4.69) is 0 Å². The Morgan fingerprint density at radius 3 is 2.72 bits per heavy atom. The monoisotopic (exact) mass is 253 g/mol. The van der Waals surface area contributed by atoms with Crippen LogP contribution >= 0.6 is 0 Å². The highest BCUT2D eigenvalue weighted by Gasteiger charge is 2.17. The van der Waals surface area contributed by atoms with E-state index in [1.807, 2.05) is 0 Å². The molecule has 18 heavy (non-hydrogen) atoms. The lowest BCUT2D eigenvalue weighted by Crippen LogP contribution is -2.26. The molecule has 5 heteroatoms. The van der Waals surface area contributed by atoms with Gasteiger partial charge < -0.3 is 19.9 Å². The maximum Gasteiger partial charge on any atom is 0.347 e. The van der Waals surface area contributed by atoms with Gasteiger partial charge in [-0.25, -0.2) is 4.79 Å². The zero-order valence-electron chi connectivity index (χ0n) is 10.9. The van der Waals surface area contributed by atoms with Crippen LogP contribution in [0.2, 0.25) is 0 Å². The number of methoxy groups -OCH3 is 1. The summed E-state index contributed by atoms with van der Waals surface area (Å²) in [6.07, 6.45) is -0.663. The first-order valence-electron chi connectivity index (χ1n) is 5.82. The van der Waals surface area contributed by atoms with Gasteiger partial charge in [-0.3, -0.25) is 0 Å². The fraction of sp³-hybridized carbons (Fsp3) is 0.462. The highest BCUT2D eigenvalue weighted by Crippen LogP contribution is 2.24. The summed E-state index contributed by atoms with van der Waals surface area (Å²) in [6, 6.07) is 5.27. The number of ether oxygens (including phenoxy) is 3. The number of carbonyl (C=O) groups is 1. The van der Waals surface area contributed by atoms with Crippen molar-refractivity contribution in [3.05, 3.63) is 23.8 Å². The maximum atomic E-state index is 11.5. The average Bonchev–Trinajstić information content (AvgIpc) is 2.39. The Morgan fingerprint density at radius 2 is 2.17 bits per heavy atom. The average molecular weight is 253 g/mol. The van der Waals surface area contributed by atoms with Crippen LogP contribution in [0.15, 0.2) is 18.2 Å². The number of rotatable bonds is 6. The minimum atomic E-state index is -0.663. The smallest absolute Gasteiger partial charge is 0.347 e. The zero-order chi connectivity index (χ0) is 13.5. The van der Waals surface area contributed by atoms with E-state index < -0.39 is 12.1 Å². The minimum Gasteiger partial charge on any atom is -0.497 e. The molecule has 0 bridgehead atoms. The van der Waals surface area contributed by atoms with E-state index in [0.29, 0.717) is 24.7 Å². The van der Waals surface area contributed by atoms with Crippen molar-refractivity contribution < 1.29 is 19.0 Å². The topological polar surface area (TPSA) is 70.8 Å². The van der Waals surface area contributed by atoms with Crippen LogP contribution < -0.4 is 15.2 Å². The summed E-state index contributed by atoms with van der Waals surface area (Å²) < 4.78 is 15.5. The molecule has 2 N–H and O–H groups in total. The summed E-state index contributed by atoms with van der Waals surface area (Å²) in [4.78, 5) is 11.5. The second-order valence-corrected chi connectivity index (χ2v) is 3.69. The van der Waals surface area contributed by atoms with E-state index in [-0.39, 0.29) is 0 Å². The predicted molar refractivity (Wildman–Crippen MR) is 67.6 cm³/mol. The first-order valence-corrected chi connectivity index (χ1v) is 5.82. The summed E-state index contributed by atoms with van der Waals surface area (Å²) >= 11 is 0. The Kier molecular flexibility index (Phi) is 5.45. The van der Waals surface area contributed by atoms with Gasteiger partial charge in [0.25, 0.3) is 0 Å². The minimum absolute atomic E-state index is 0.308. The van der Waals surface area contributed by atoms with Crippen molar-refractivity contribution in [2.24, 2.45) is 5.73 Å². The Bertz CT molecular complexity index is 406. The molecule has 1 aromatic carbocycles. The molecule has 5 nitrogen and oxygen atoms in total. The third kappa shape index (κ3) is 3.63. The molecule has 1 aromatic rings. The van der Waals surface area contributed by atoms with E-state index >= 15 is 0 Å². The van der Waals surface area contributed by atoms with E-state index in [4.69, 9.17) is 19.9 Å². The van der Waals surface area contributed by atoms with Crippen molar-refractivity contribution in [2.45, 2.75) is 26.5 Å². The molecule has 1 rings (SSSR count). The maximum absolute atomic E-state index is 11.5. The molecule has 100 valence electrons. The van der Waals surface area contributed by atoms with Crippen LogP contribution in [0.3, 0.4) is 0 Å². The Morgan fingerprint density at radius 1 is 1.44 bits per heavy atom. The van der Waals surface area contributed by atoms with E-state index in [9.17, 15) is 4.79 Å². The van der Waals surface area contributed by atoms with Crippen LogP contribution in [0.25, 0.3) is 0 Å². The van der Waals surface area contributed by atoms with Crippen molar-refractivity contribution >= 4 is 5.97 Å². The largest absolute Gasteiger partial charge is 0.497 e. The fourth-order valence-electron chi connectivity index (χ4n) is 1.46. The molecule has 0 aliphatic heterocycles. The van der Waals surface area contributed by atoms with Gasteiger partial charge in [0.05, 0.1) is 13.7 Å². The van der Waals surface area contributed by atoms with Crippen molar-refractivity contribution in [1.82, 2.24) is 0 Å². The lowest BCUT2D eigenvalue weighted by molar-refractivity contribution is -0.150. The number of benzene rings is 1. The summed E-state index contributed by atoms with van der Waals surface area (Å²) in [5, 5.41) is 0.